The summed E-state index contributed by atoms with van der Waals surface area (Å²) in [7, 11) is -3.23. The predicted octanol–water partition coefficient (Wildman–Crippen LogP) is 2.37. The van der Waals surface area contributed by atoms with Crippen LogP contribution in [0.15, 0.2) is 52.3 Å². The van der Waals surface area contributed by atoms with Gasteiger partial charge in [-0.2, -0.15) is 4.31 Å². The van der Waals surface area contributed by atoms with E-state index in [-0.39, 0.29) is 16.3 Å². The van der Waals surface area contributed by atoms with Crippen LogP contribution >= 0.6 is 0 Å². The van der Waals surface area contributed by atoms with Gasteiger partial charge < -0.3 is 0 Å². The highest BCUT2D eigenvalue weighted by Gasteiger charge is 2.25. The van der Waals surface area contributed by atoms with E-state index in [0.29, 0.717) is 0 Å². The summed E-state index contributed by atoms with van der Waals surface area (Å²) >= 11 is 0. The van der Waals surface area contributed by atoms with Crippen molar-refractivity contribution in [3.8, 4) is 0 Å². The molecule has 0 fully saturated rings. The summed E-state index contributed by atoms with van der Waals surface area (Å²) in [5.41, 5.74) is 3.02. The monoisotopic (exact) mass is 396 g/mol. The SMILES string of the molecule is Cc1ccc(CN(C)S(=O)(=O)c2cccc(S(=O)(=O)N(C)C)c2)c(C)c1. The van der Waals surface area contributed by atoms with Gasteiger partial charge in [-0.3, -0.25) is 0 Å². The number of nitrogens with zero attached hydrogens (tertiary/aromatic N) is 2. The van der Waals surface area contributed by atoms with E-state index < -0.39 is 20.0 Å². The lowest BCUT2D eigenvalue weighted by Gasteiger charge is -2.19. The molecule has 0 aliphatic rings. The van der Waals surface area contributed by atoms with E-state index in [9.17, 15) is 16.8 Å². The highest BCUT2D eigenvalue weighted by atomic mass is 32.2. The highest BCUT2D eigenvalue weighted by Crippen LogP contribution is 2.22. The third-order valence-electron chi connectivity index (χ3n) is 4.18. The van der Waals surface area contributed by atoms with Gasteiger partial charge in [-0.15, -0.1) is 0 Å². The second-order valence-corrected chi connectivity index (χ2v) is 10.7. The van der Waals surface area contributed by atoms with Gasteiger partial charge in [0.25, 0.3) is 0 Å². The fourth-order valence-electron chi connectivity index (χ4n) is 2.53. The number of sulfonamides is 2. The van der Waals surface area contributed by atoms with Gasteiger partial charge >= 0.3 is 0 Å². The topological polar surface area (TPSA) is 74.8 Å². The average molecular weight is 397 g/mol. The highest BCUT2D eigenvalue weighted by molar-refractivity contribution is 7.90. The molecule has 0 spiro atoms. The Morgan fingerprint density at radius 2 is 1.38 bits per heavy atom. The second kappa shape index (κ2) is 7.48. The summed E-state index contributed by atoms with van der Waals surface area (Å²) in [6.45, 7) is 4.13. The minimum absolute atomic E-state index is 0.0484. The zero-order chi connectivity index (χ0) is 19.7. The van der Waals surface area contributed by atoms with Gasteiger partial charge in [-0.05, 0) is 43.2 Å². The molecule has 0 aromatic heterocycles. The molecule has 26 heavy (non-hydrogen) atoms. The Hall–Kier alpha value is -1.74. The molecule has 6 nitrogen and oxygen atoms in total. The van der Waals surface area contributed by atoms with Crippen LogP contribution in [0.4, 0.5) is 0 Å². The third kappa shape index (κ3) is 4.15. The molecule has 0 radical (unpaired) electrons. The van der Waals surface area contributed by atoms with Crippen molar-refractivity contribution in [3.05, 3.63) is 59.2 Å². The van der Waals surface area contributed by atoms with Gasteiger partial charge in [0.1, 0.15) is 0 Å². The lowest BCUT2D eigenvalue weighted by molar-refractivity contribution is 0.465. The van der Waals surface area contributed by atoms with Gasteiger partial charge in [-0.1, -0.05) is 29.8 Å². The largest absolute Gasteiger partial charge is 0.243 e. The maximum Gasteiger partial charge on any atom is 0.243 e. The molecule has 142 valence electrons. The maximum absolute atomic E-state index is 12.9. The lowest BCUT2D eigenvalue weighted by Crippen LogP contribution is -2.27. The van der Waals surface area contributed by atoms with Crippen LogP contribution in [-0.2, 0) is 26.6 Å². The van der Waals surface area contributed by atoms with Crippen LogP contribution < -0.4 is 0 Å². The first-order valence-corrected chi connectivity index (χ1v) is 10.9. The fraction of sp³-hybridized carbons (Fsp3) is 0.333. The lowest BCUT2D eigenvalue weighted by atomic mass is 10.1. The van der Waals surface area contributed by atoms with Crippen LogP contribution in [0.25, 0.3) is 0 Å². The minimum Gasteiger partial charge on any atom is -0.207 e. The van der Waals surface area contributed by atoms with Crippen molar-refractivity contribution in [2.45, 2.75) is 30.2 Å². The molecule has 0 atom stereocenters. The van der Waals surface area contributed by atoms with E-state index in [1.165, 1.54) is 49.7 Å². The smallest absolute Gasteiger partial charge is 0.207 e. The molecule has 8 heteroatoms. The molecule has 2 rings (SSSR count). The molecule has 0 N–H and O–H groups in total. The predicted molar refractivity (Wildman–Crippen MR) is 102 cm³/mol. The first kappa shape index (κ1) is 20.6. The fourth-order valence-corrected chi connectivity index (χ4v) is 4.75. The quantitative estimate of drug-likeness (QED) is 0.751. The van der Waals surface area contributed by atoms with E-state index in [4.69, 9.17) is 0 Å². The summed E-state index contributed by atoms with van der Waals surface area (Å²) in [6.07, 6.45) is 0. The Kier molecular flexibility index (Phi) is 5.92. The van der Waals surface area contributed by atoms with E-state index in [2.05, 4.69) is 0 Å². The number of aryl methyl sites for hydroxylation is 2. The third-order valence-corrected chi connectivity index (χ3v) is 7.79. The van der Waals surface area contributed by atoms with Gasteiger partial charge in [0.15, 0.2) is 0 Å². The van der Waals surface area contributed by atoms with Crippen molar-refractivity contribution in [2.24, 2.45) is 0 Å². The minimum atomic E-state index is -3.82. The van der Waals surface area contributed by atoms with Gasteiger partial charge in [0.05, 0.1) is 9.79 Å². The summed E-state index contributed by atoms with van der Waals surface area (Å²) in [6, 6.07) is 11.3. The maximum atomic E-state index is 12.9. The van der Waals surface area contributed by atoms with Crippen molar-refractivity contribution >= 4 is 20.0 Å². The Labute approximate surface area is 156 Å². The van der Waals surface area contributed by atoms with E-state index in [1.54, 1.807) is 0 Å². The van der Waals surface area contributed by atoms with Crippen LogP contribution in [0.5, 0.6) is 0 Å². The van der Waals surface area contributed by atoms with Crippen molar-refractivity contribution < 1.29 is 16.8 Å². The van der Waals surface area contributed by atoms with Crippen LogP contribution in [0.1, 0.15) is 16.7 Å². The van der Waals surface area contributed by atoms with Crippen molar-refractivity contribution in [1.82, 2.24) is 8.61 Å². The number of benzene rings is 2. The molecule has 0 saturated heterocycles. The zero-order valence-corrected chi connectivity index (χ0v) is 17.2. The molecule has 0 heterocycles. The molecule has 0 saturated carbocycles. The average Bonchev–Trinajstić information content (AvgIpc) is 2.57. The molecule has 2 aromatic carbocycles. The molecular weight excluding hydrogens is 372 g/mol. The Bertz CT molecular complexity index is 1010. The number of rotatable bonds is 6. The Morgan fingerprint density at radius 3 is 1.92 bits per heavy atom. The zero-order valence-electron chi connectivity index (χ0n) is 15.6. The summed E-state index contributed by atoms with van der Waals surface area (Å²) < 4.78 is 52.6. The molecule has 0 unspecified atom stereocenters. The van der Waals surface area contributed by atoms with Crippen LogP contribution in [0.2, 0.25) is 0 Å². The first-order chi connectivity index (χ1) is 12.0. The molecule has 0 amide bonds. The van der Waals surface area contributed by atoms with Crippen molar-refractivity contribution in [2.75, 3.05) is 21.1 Å². The van der Waals surface area contributed by atoms with Gasteiger partial charge in [-0.25, -0.2) is 21.1 Å². The summed E-state index contributed by atoms with van der Waals surface area (Å²) in [5.74, 6) is 0. The van der Waals surface area contributed by atoms with Gasteiger partial charge in [0.2, 0.25) is 20.0 Å². The Balaban J connectivity index is 2.38. The van der Waals surface area contributed by atoms with Crippen molar-refractivity contribution in [3.63, 3.8) is 0 Å². The van der Waals surface area contributed by atoms with Crippen LogP contribution in [-0.4, -0.2) is 46.6 Å². The normalized spacial score (nSPS) is 12.7. The molecule has 0 aliphatic carbocycles. The van der Waals surface area contributed by atoms with Crippen LogP contribution in [0.3, 0.4) is 0 Å². The van der Waals surface area contributed by atoms with E-state index >= 15 is 0 Å². The molecule has 2 aromatic rings. The van der Waals surface area contributed by atoms with E-state index in [0.717, 1.165) is 21.0 Å². The number of hydrogen-bond donors (Lipinski definition) is 0. The van der Waals surface area contributed by atoms with Gasteiger partial charge in [0, 0.05) is 27.7 Å². The first-order valence-electron chi connectivity index (χ1n) is 8.01. The number of hydrogen-bond acceptors (Lipinski definition) is 4. The summed E-state index contributed by atoms with van der Waals surface area (Å²) in [4.78, 5) is -0.101. The molecule has 0 aliphatic heterocycles. The van der Waals surface area contributed by atoms with E-state index in [1.807, 2.05) is 32.0 Å². The molecule has 0 bridgehead atoms. The second-order valence-electron chi connectivity index (χ2n) is 6.45. The summed E-state index contributed by atoms with van der Waals surface area (Å²) in [5, 5.41) is 0. The van der Waals surface area contributed by atoms with Crippen LogP contribution in [0, 0.1) is 13.8 Å². The van der Waals surface area contributed by atoms with Crippen molar-refractivity contribution in [1.29, 1.82) is 0 Å². The Morgan fingerprint density at radius 1 is 0.808 bits per heavy atom. The standard InChI is InChI=1S/C18H24N2O4S2/c1-14-9-10-16(15(2)11-14)13-20(5)26(23,24)18-8-6-7-17(12-18)25(21,22)19(3)4/h6-12H,13H2,1-5H3. The molecular formula is C18H24N2O4S2.